The molecule has 0 bridgehead atoms. The van der Waals surface area contributed by atoms with Crippen molar-refractivity contribution >= 4 is 49.6 Å². The number of anilines is 3. The molecule has 0 unspecified atom stereocenters. The summed E-state index contributed by atoms with van der Waals surface area (Å²) in [5.74, 6) is 0. The van der Waals surface area contributed by atoms with E-state index in [-0.39, 0.29) is 10.8 Å². The van der Waals surface area contributed by atoms with Crippen LogP contribution in [0.1, 0.15) is 49.9 Å². The van der Waals surface area contributed by atoms with Crippen LogP contribution in [0.15, 0.2) is 194 Å². The zero-order valence-electron chi connectivity index (χ0n) is 34.4. The normalized spacial score (nSPS) is 14.3. The Bertz CT molecular complexity index is 3230. The minimum absolute atomic E-state index is 0.0650. The maximum absolute atomic E-state index is 2.47. The van der Waals surface area contributed by atoms with Gasteiger partial charge < -0.3 is 9.47 Å². The van der Waals surface area contributed by atoms with Gasteiger partial charge in [0.25, 0.3) is 0 Å². The van der Waals surface area contributed by atoms with Gasteiger partial charge in [-0.15, -0.1) is 0 Å². The first-order valence-electron chi connectivity index (χ1n) is 21.2. The molecular formula is C58H44N2. The van der Waals surface area contributed by atoms with E-state index in [1.807, 2.05) is 0 Å². The smallest absolute Gasteiger partial charge is 0.0541 e. The van der Waals surface area contributed by atoms with Crippen LogP contribution >= 0.6 is 0 Å². The number of rotatable bonds is 5. The van der Waals surface area contributed by atoms with Crippen molar-refractivity contribution in [3.8, 4) is 39.1 Å². The summed E-state index contributed by atoms with van der Waals surface area (Å²) in [6, 6.07) is 72.4. The molecule has 0 aliphatic heterocycles. The van der Waals surface area contributed by atoms with E-state index >= 15 is 0 Å². The van der Waals surface area contributed by atoms with Gasteiger partial charge in [0.15, 0.2) is 0 Å². The second-order valence-electron chi connectivity index (χ2n) is 17.7. The van der Waals surface area contributed by atoms with Crippen LogP contribution in [0, 0.1) is 0 Å². The zero-order chi connectivity index (χ0) is 40.3. The number of hydrogen-bond acceptors (Lipinski definition) is 1. The van der Waals surface area contributed by atoms with Crippen LogP contribution < -0.4 is 4.90 Å². The van der Waals surface area contributed by atoms with Crippen LogP contribution in [-0.4, -0.2) is 4.57 Å². The van der Waals surface area contributed by atoms with E-state index < -0.39 is 0 Å². The van der Waals surface area contributed by atoms with Gasteiger partial charge in [-0.3, -0.25) is 0 Å². The lowest BCUT2D eigenvalue weighted by atomic mass is 9.82. The number of benzene rings is 9. The van der Waals surface area contributed by atoms with Crippen LogP contribution in [-0.2, 0) is 10.8 Å². The molecule has 2 nitrogen and oxygen atoms in total. The Morgan fingerprint density at radius 2 is 0.800 bits per heavy atom. The summed E-state index contributed by atoms with van der Waals surface area (Å²) in [5, 5.41) is 4.99. The molecule has 0 saturated carbocycles. The molecule has 0 N–H and O–H groups in total. The van der Waals surface area contributed by atoms with Gasteiger partial charge in [0, 0.05) is 44.1 Å². The van der Waals surface area contributed by atoms with Crippen molar-refractivity contribution < 1.29 is 0 Å². The Hall–Kier alpha value is -7.16. The molecule has 2 heteroatoms. The molecule has 286 valence electrons. The van der Waals surface area contributed by atoms with Gasteiger partial charge in [0.1, 0.15) is 0 Å². The van der Waals surface area contributed by atoms with Crippen LogP contribution in [0.25, 0.3) is 71.6 Å². The highest BCUT2D eigenvalue weighted by Gasteiger charge is 2.37. The van der Waals surface area contributed by atoms with Gasteiger partial charge in [-0.1, -0.05) is 167 Å². The van der Waals surface area contributed by atoms with Crippen LogP contribution in [0.4, 0.5) is 17.1 Å². The molecule has 9 aromatic carbocycles. The first kappa shape index (κ1) is 34.8. The quantitative estimate of drug-likeness (QED) is 0.169. The van der Waals surface area contributed by atoms with Crippen molar-refractivity contribution in [2.75, 3.05) is 4.90 Å². The summed E-state index contributed by atoms with van der Waals surface area (Å²) in [4.78, 5) is 2.47. The number of hydrogen-bond donors (Lipinski definition) is 0. The fourth-order valence-electron chi connectivity index (χ4n) is 10.9. The summed E-state index contributed by atoms with van der Waals surface area (Å²) in [6.07, 6.45) is 0. The SMILES string of the molecule is CC1(C)c2ccccc2-c2cc(N(c3cccc(-c4ccc(-n5c6ccccc6c6ccccc65)c5ccccc45)c3)c3ccc4c(c3)-c3ccccc3C4(C)C)ccc21. The zero-order valence-corrected chi connectivity index (χ0v) is 34.4. The van der Waals surface area contributed by atoms with Crippen LogP contribution in [0.2, 0.25) is 0 Å². The van der Waals surface area contributed by atoms with Crippen molar-refractivity contribution in [1.29, 1.82) is 0 Å². The van der Waals surface area contributed by atoms with Crippen molar-refractivity contribution in [2.24, 2.45) is 0 Å². The molecule has 1 heterocycles. The molecular weight excluding hydrogens is 725 g/mol. The molecule has 0 saturated heterocycles. The monoisotopic (exact) mass is 768 g/mol. The predicted octanol–water partition coefficient (Wildman–Crippen LogP) is 15.7. The molecule has 0 atom stereocenters. The highest BCUT2D eigenvalue weighted by Crippen LogP contribution is 2.53. The fourth-order valence-corrected chi connectivity index (χ4v) is 10.9. The lowest BCUT2D eigenvalue weighted by molar-refractivity contribution is 0.660. The largest absolute Gasteiger partial charge is 0.310 e. The minimum Gasteiger partial charge on any atom is -0.310 e. The van der Waals surface area contributed by atoms with E-state index in [4.69, 9.17) is 0 Å². The summed E-state index contributed by atoms with van der Waals surface area (Å²) in [6.45, 7) is 9.43. The highest BCUT2D eigenvalue weighted by molar-refractivity contribution is 6.11. The number of para-hydroxylation sites is 2. The van der Waals surface area contributed by atoms with Crippen molar-refractivity contribution in [2.45, 2.75) is 38.5 Å². The number of fused-ring (bicyclic) bond motifs is 10. The average molecular weight is 769 g/mol. The van der Waals surface area contributed by atoms with E-state index in [1.54, 1.807) is 0 Å². The Balaban J connectivity index is 1.05. The minimum atomic E-state index is -0.0650. The number of aromatic nitrogens is 1. The Morgan fingerprint density at radius 1 is 0.333 bits per heavy atom. The van der Waals surface area contributed by atoms with Crippen molar-refractivity contribution in [1.82, 2.24) is 4.57 Å². The van der Waals surface area contributed by atoms with E-state index in [0.717, 1.165) is 17.1 Å². The second-order valence-corrected chi connectivity index (χ2v) is 17.7. The van der Waals surface area contributed by atoms with Gasteiger partial charge in [-0.25, -0.2) is 0 Å². The third kappa shape index (κ3) is 4.88. The Kier molecular flexibility index (Phi) is 7.36. The van der Waals surface area contributed by atoms with E-state index in [9.17, 15) is 0 Å². The maximum Gasteiger partial charge on any atom is 0.0541 e. The molecule has 0 spiro atoms. The van der Waals surface area contributed by atoms with Crippen LogP contribution in [0.5, 0.6) is 0 Å². The third-order valence-electron chi connectivity index (χ3n) is 13.8. The predicted molar refractivity (Wildman–Crippen MR) is 254 cm³/mol. The molecule has 2 aliphatic rings. The van der Waals surface area contributed by atoms with Gasteiger partial charge in [-0.05, 0) is 116 Å². The third-order valence-corrected chi connectivity index (χ3v) is 13.8. The number of nitrogens with zero attached hydrogens (tertiary/aromatic N) is 2. The summed E-state index contributed by atoms with van der Waals surface area (Å²) < 4.78 is 2.44. The first-order valence-corrected chi connectivity index (χ1v) is 21.2. The van der Waals surface area contributed by atoms with E-state index in [1.165, 1.54) is 93.9 Å². The first-order chi connectivity index (χ1) is 29.3. The molecule has 0 radical (unpaired) electrons. The molecule has 1 aromatic heterocycles. The average Bonchev–Trinajstić information content (AvgIpc) is 3.83. The molecule has 2 aliphatic carbocycles. The highest BCUT2D eigenvalue weighted by atomic mass is 15.1. The topological polar surface area (TPSA) is 8.17 Å². The van der Waals surface area contributed by atoms with Gasteiger partial charge >= 0.3 is 0 Å². The summed E-state index contributed by atoms with van der Waals surface area (Å²) >= 11 is 0. The molecule has 0 fully saturated rings. The van der Waals surface area contributed by atoms with Gasteiger partial charge in [0.05, 0.1) is 16.7 Å². The van der Waals surface area contributed by atoms with Gasteiger partial charge in [0.2, 0.25) is 0 Å². The fraction of sp³-hybridized carbons (Fsp3) is 0.103. The molecule has 60 heavy (non-hydrogen) atoms. The lowest BCUT2D eigenvalue weighted by Crippen LogP contribution is -2.16. The van der Waals surface area contributed by atoms with E-state index in [0.29, 0.717) is 0 Å². The summed E-state index contributed by atoms with van der Waals surface area (Å²) in [7, 11) is 0. The Labute approximate surface area is 351 Å². The lowest BCUT2D eigenvalue weighted by Gasteiger charge is -2.29. The molecule has 10 aromatic rings. The summed E-state index contributed by atoms with van der Waals surface area (Å²) in [5.41, 5.74) is 20.1. The van der Waals surface area contributed by atoms with Crippen LogP contribution in [0.3, 0.4) is 0 Å². The van der Waals surface area contributed by atoms with Gasteiger partial charge in [-0.2, -0.15) is 0 Å². The standard InChI is InChI=1S/C58H44N2/c1-57(2)50-24-11-7-19-43(50)48-35-39(28-31-52(48)57)59(40-29-32-53-49(36-40)44-20-8-12-25-51(44)58(53,3)4)38-17-15-16-37(34-38)41-30-33-56(45-21-6-5-18-42(41)45)60-54-26-13-9-22-46(54)47-23-10-14-27-55(47)60/h5-36H,1-4H3. The Morgan fingerprint density at radius 3 is 1.38 bits per heavy atom. The molecule has 0 amide bonds. The molecule has 12 rings (SSSR count). The van der Waals surface area contributed by atoms with E-state index in [2.05, 4.69) is 231 Å². The second kappa shape index (κ2) is 12.7. The van der Waals surface area contributed by atoms with Crippen molar-refractivity contribution in [3.63, 3.8) is 0 Å². The maximum atomic E-state index is 2.47. The van der Waals surface area contributed by atoms with Crippen molar-refractivity contribution in [3.05, 3.63) is 216 Å².